The fourth-order valence-electron chi connectivity index (χ4n) is 4.43. The van der Waals surface area contributed by atoms with Gasteiger partial charge in [0.25, 0.3) is 5.91 Å². The number of ether oxygens (including phenoxy) is 1. The Morgan fingerprint density at radius 3 is 2.63 bits per heavy atom. The van der Waals surface area contributed by atoms with Crippen molar-refractivity contribution in [2.75, 3.05) is 26.2 Å². The molecule has 2 unspecified atom stereocenters. The van der Waals surface area contributed by atoms with Crippen molar-refractivity contribution in [1.82, 2.24) is 15.0 Å². The smallest absolute Gasteiger partial charge is 0.406 e. The first-order chi connectivity index (χ1) is 14.2. The molecular formula is C21H24F3N3O3. The van der Waals surface area contributed by atoms with Crippen molar-refractivity contribution in [2.24, 2.45) is 17.8 Å². The number of carbonyl (C=O) groups is 1. The van der Waals surface area contributed by atoms with E-state index in [1.54, 1.807) is 24.0 Å². The van der Waals surface area contributed by atoms with Gasteiger partial charge in [0, 0.05) is 32.2 Å². The molecule has 1 aromatic carbocycles. The van der Waals surface area contributed by atoms with Gasteiger partial charge in [-0.2, -0.15) is 0 Å². The highest BCUT2D eigenvalue weighted by atomic mass is 19.4. The topological polar surface area (TPSA) is 58.8 Å². The van der Waals surface area contributed by atoms with Gasteiger partial charge in [-0.3, -0.25) is 4.79 Å². The maximum Gasteiger partial charge on any atom is 0.573 e. The average molecular weight is 423 g/mol. The molecule has 9 heteroatoms. The van der Waals surface area contributed by atoms with Gasteiger partial charge in [0.2, 0.25) is 0 Å². The van der Waals surface area contributed by atoms with E-state index in [9.17, 15) is 18.0 Å². The highest BCUT2D eigenvalue weighted by molar-refractivity contribution is 5.92. The van der Waals surface area contributed by atoms with Crippen molar-refractivity contribution in [2.45, 2.75) is 26.8 Å². The van der Waals surface area contributed by atoms with Crippen LogP contribution in [-0.2, 0) is 6.54 Å². The minimum Gasteiger partial charge on any atom is -0.406 e. The molecule has 4 rings (SSSR count). The first kappa shape index (κ1) is 20.7. The Kier molecular flexibility index (Phi) is 5.48. The van der Waals surface area contributed by atoms with Crippen molar-refractivity contribution in [3.8, 4) is 5.75 Å². The van der Waals surface area contributed by atoms with Gasteiger partial charge in [-0.05, 0) is 48.9 Å². The standard InChI is InChI=1S/C21H24F3N3O3/c1-3-26-10-16-17(11-26)18(16)12-27(20(28)19-7-13(2)30-25-19)9-14-5-4-6-15(8-14)29-21(22,23)24/h4-8,16-18H,3,9-12H2,1-2H3. The fourth-order valence-corrected chi connectivity index (χ4v) is 4.43. The molecule has 1 amide bonds. The Morgan fingerprint density at radius 2 is 2.03 bits per heavy atom. The molecule has 30 heavy (non-hydrogen) atoms. The number of aryl methyl sites for hydroxylation is 1. The van der Waals surface area contributed by atoms with Crippen LogP contribution in [0.5, 0.6) is 5.75 Å². The van der Waals surface area contributed by atoms with E-state index in [2.05, 4.69) is 21.7 Å². The van der Waals surface area contributed by atoms with Crippen LogP contribution in [0.25, 0.3) is 0 Å². The number of halogens is 3. The number of hydrogen-bond acceptors (Lipinski definition) is 5. The second-order valence-electron chi connectivity index (χ2n) is 8.05. The lowest BCUT2D eigenvalue weighted by atomic mass is 10.1. The zero-order valence-electron chi connectivity index (χ0n) is 16.9. The quantitative estimate of drug-likeness (QED) is 0.679. The van der Waals surface area contributed by atoms with E-state index in [-0.39, 0.29) is 23.9 Å². The Labute approximate surface area is 172 Å². The molecule has 1 aliphatic heterocycles. The summed E-state index contributed by atoms with van der Waals surface area (Å²) in [5.41, 5.74) is 0.766. The van der Waals surface area contributed by atoms with Crippen molar-refractivity contribution < 1.29 is 27.2 Å². The van der Waals surface area contributed by atoms with E-state index in [0.717, 1.165) is 19.6 Å². The number of amides is 1. The molecule has 2 aliphatic rings. The van der Waals surface area contributed by atoms with Crippen LogP contribution < -0.4 is 4.74 Å². The van der Waals surface area contributed by atoms with E-state index in [1.807, 2.05) is 0 Å². The number of alkyl halides is 3. The van der Waals surface area contributed by atoms with Crippen LogP contribution >= 0.6 is 0 Å². The summed E-state index contributed by atoms with van der Waals surface area (Å²) in [5.74, 6) is 1.48. The minimum atomic E-state index is -4.76. The molecule has 0 spiro atoms. The van der Waals surface area contributed by atoms with E-state index < -0.39 is 6.36 Å². The SMILES string of the molecule is CCN1CC2C(C1)C2CN(Cc1cccc(OC(F)(F)F)c1)C(=O)c1cc(C)on1. The van der Waals surface area contributed by atoms with Gasteiger partial charge in [0.15, 0.2) is 5.69 Å². The molecule has 1 aliphatic carbocycles. The van der Waals surface area contributed by atoms with E-state index in [4.69, 9.17) is 4.52 Å². The van der Waals surface area contributed by atoms with Crippen molar-refractivity contribution >= 4 is 5.91 Å². The summed E-state index contributed by atoms with van der Waals surface area (Å²) in [6.07, 6.45) is -4.76. The Hall–Kier alpha value is -2.55. The van der Waals surface area contributed by atoms with Crippen LogP contribution in [-0.4, -0.2) is 53.4 Å². The van der Waals surface area contributed by atoms with Gasteiger partial charge in [-0.1, -0.05) is 24.2 Å². The van der Waals surface area contributed by atoms with E-state index in [0.29, 0.717) is 35.6 Å². The number of rotatable bonds is 7. The van der Waals surface area contributed by atoms with Gasteiger partial charge in [0.1, 0.15) is 11.5 Å². The molecular weight excluding hydrogens is 399 g/mol. The Bertz CT molecular complexity index is 902. The van der Waals surface area contributed by atoms with Gasteiger partial charge in [0.05, 0.1) is 0 Å². The summed E-state index contributed by atoms with van der Waals surface area (Å²) < 4.78 is 46.7. The number of piperidine rings is 1. The number of nitrogens with zero attached hydrogens (tertiary/aromatic N) is 3. The summed E-state index contributed by atoms with van der Waals surface area (Å²) in [7, 11) is 0. The predicted molar refractivity (Wildman–Crippen MR) is 102 cm³/mol. The molecule has 1 saturated carbocycles. The normalized spacial score (nSPS) is 23.3. The number of aromatic nitrogens is 1. The van der Waals surface area contributed by atoms with Crippen molar-refractivity contribution in [1.29, 1.82) is 0 Å². The molecule has 0 N–H and O–H groups in total. The van der Waals surface area contributed by atoms with Crippen LogP contribution in [0.2, 0.25) is 0 Å². The third-order valence-electron chi connectivity index (χ3n) is 5.97. The highest BCUT2D eigenvalue weighted by Crippen LogP contribution is 2.52. The number of fused-ring (bicyclic) bond motifs is 1. The summed E-state index contributed by atoms with van der Waals surface area (Å²) in [6, 6.07) is 7.31. The predicted octanol–water partition coefficient (Wildman–Crippen LogP) is 3.72. The summed E-state index contributed by atoms with van der Waals surface area (Å²) in [6.45, 7) is 7.65. The molecule has 162 valence electrons. The highest BCUT2D eigenvalue weighted by Gasteiger charge is 2.55. The third kappa shape index (κ3) is 4.61. The number of benzene rings is 1. The molecule has 2 heterocycles. The van der Waals surface area contributed by atoms with Gasteiger partial charge in [-0.25, -0.2) is 0 Å². The van der Waals surface area contributed by atoms with Crippen LogP contribution in [0.3, 0.4) is 0 Å². The molecule has 0 radical (unpaired) electrons. The zero-order chi connectivity index (χ0) is 21.5. The van der Waals surface area contributed by atoms with Crippen molar-refractivity contribution in [3.05, 3.63) is 47.3 Å². The molecule has 2 aromatic rings. The molecule has 6 nitrogen and oxygen atoms in total. The first-order valence-corrected chi connectivity index (χ1v) is 10.0. The molecule has 2 fully saturated rings. The zero-order valence-corrected chi connectivity index (χ0v) is 16.9. The summed E-state index contributed by atoms with van der Waals surface area (Å²) in [5, 5.41) is 3.82. The largest absolute Gasteiger partial charge is 0.573 e. The molecule has 1 aromatic heterocycles. The molecule has 0 bridgehead atoms. The van der Waals surface area contributed by atoms with Crippen LogP contribution in [0, 0.1) is 24.7 Å². The number of likely N-dealkylation sites (tertiary alicyclic amines) is 1. The number of hydrogen-bond donors (Lipinski definition) is 0. The lowest BCUT2D eigenvalue weighted by molar-refractivity contribution is -0.274. The van der Waals surface area contributed by atoms with Crippen LogP contribution in [0.15, 0.2) is 34.9 Å². The second kappa shape index (κ2) is 7.94. The number of carbonyl (C=O) groups excluding carboxylic acids is 1. The van der Waals surface area contributed by atoms with Gasteiger partial charge < -0.3 is 19.1 Å². The minimum absolute atomic E-state index is 0.174. The van der Waals surface area contributed by atoms with Crippen LogP contribution in [0.4, 0.5) is 13.2 Å². The Morgan fingerprint density at radius 1 is 1.30 bits per heavy atom. The third-order valence-corrected chi connectivity index (χ3v) is 5.97. The Balaban J connectivity index is 1.49. The van der Waals surface area contributed by atoms with Gasteiger partial charge >= 0.3 is 6.36 Å². The second-order valence-corrected chi connectivity index (χ2v) is 8.05. The fraction of sp³-hybridized carbons (Fsp3) is 0.524. The van der Waals surface area contributed by atoms with Crippen molar-refractivity contribution in [3.63, 3.8) is 0 Å². The molecule has 2 atom stereocenters. The maximum atomic E-state index is 13.1. The van der Waals surface area contributed by atoms with Crippen LogP contribution in [0.1, 0.15) is 28.7 Å². The monoisotopic (exact) mass is 423 g/mol. The maximum absolute atomic E-state index is 13.1. The lowest BCUT2D eigenvalue weighted by Gasteiger charge is -2.24. The summed E-state index contributed by atoms with van der Waals surface area (Å²) in [4.78, 5) is 17.1. The average Bonchev–Trinajstić information content (AvgIpc) is 3.03. The van der Waals surface area contributed by atoms with E-state index in [1.165, 1.54) is 18.2 Å². The molecule has 1 saturated heterocycles. The van der Waals surface area contributed by atoms with E-state index >= 15 is 0 Å². The summed E-state index contributed by atoms with van der Waals surface area (Å²) >= 11 is 0. The first-order valence-electron chi connectivity index (χ1n) is 10.0. The van der Waals surface area contributed by atoms with Gasteiger partial charge in [-0.15, -0.1) is 13.2 Å². The lowest BCUT2D eigenvalue weighted by Crippen LogP contribution is -2.35.